The first-order valence-electron chi connectivity index (χ1n) is 21.2. The Hall–Kier alpha value is -4.57. The van der Waals surface area contributed by atoms with E-state index >= 15 is 0 Å². The summed E-state index contributed by atoms with van der Waals surface area (Å²) in [6.45, 7) is 9.42. The summed E-state index contributed by atoms with van der Waals surface area (Å²) in [4.78, 5) is 23.0. The zero-order valence-corrected chi connectivity index (χ0v) is 37.5. The molecular formula is C44H59Cl2FN8O6. The summed E-state index contributed by atoms with van der Waals surface area (Å²) in [5.41, 5.74) is 2.21. The number of ether oxygens (including phenoxy) is 6. The molecule has 332 valence electrons. The molecule has 4 aromatic rings. The highest BCUT2D eigenvalue weighted by atomic mass is 35.5. The van der Waals surface area contributed by atoms with Crippen molar-refractivity contribution in [3.63, 3.8) is 0 Å². The Morgan fingerprint density at radius 2 is 1.10 bits per heavy atom. The van der Waals surface area contributed by atoms with Crippen LogP contribution in [-0.2, 0) is 13.1 Å². The predicted octanol–water partition coefficient (Wildman–Crippen LogP) is 8.47. The molecule has 0 amide bonds. The predicted molar refractivity (Wildman–Crippen MR) is 236 cm³/mol. The molecule has 2 fully saturated rings. The molecule has 0 bridgehead atoms. The highest BCUT2D eigenvalue weighted by Crippen LogP contribution is 2.40. The molecule has 0 spiro atoms. The van der Waals surface area contributed by atoms with E-state index in [0.717, 1.165) is 100 Å². The van der Waals surface area contributed by atoms with Crippen LogP contribution in [0.4, 0.5) is 16.0 Å². The van der Waals surface area contributed by atoms with Gasteiger partial charge in [-0.15, -0.1) is 0 Å². The molecule has 2 aromatic carbocycles. The number of benzene rings is 2. The number of aromatic nitrogens is 4. The number of alkyl halides is 1. The fraction of sp³-hybridized carbons (Fsp3) is 0.545. The van der Waals surface area contributed by atoms with Gasteiger partial charge in [0.05, 0.1) is 59.0 Å². The number of hydrazine groups is 1. The second-order valence-electron chi connectivity index (χ2n) is 15.1. The van der Waals surface area contributed by atoms with E-state index in [4.69, 9.17) is 61.6 Å². The minimum atomic E-state index is -0.581. The fourth-order valence-electron chi connectivity index (χ4n) is 8.01. The Morgan fingerprint density at radius 1 is 0.623 bits per heavy atom. The third-order valence-electron chi connectivity index (χ3n) is 11.0. The molecule has 2 aromatic heterocycles. The van der Waals surface area contributed by atoms with Gasteiger partial charge < -0.3 is 28.4 Å². The van der Waals surface area contributed by atoms with Crippen LogP contribution in [0.2, 0.25) is 10.6 Å². The Morgan fingerprint density at radius 3 is 1.56 bits per heavy atom. The molecule has 0 saturated carbocycles. The molecule has 61 heavy (non-hydrogen) atoms. The van der Waals surface area contributed by atoms with Gasteiger partial charge in [0.2, 0.25) is 10.6 Å². The summed E-state index contributed by atoms with van der Waals surface area (Å²) >= 11 is 13.1. The number of halogens is 3. The molecule has 6 rings (SSSR count). The van der Waals surface area contributed by atoms with E-state index in [9.17, 15) is 4.39 Å². The van der Waals surface area contributed by atoms with Gasteiger partial charge in [0, 0.05) is 39.3 Å². The molecule has 17 heteroatoms. The SMILES string of the molecule is CCCCCOc1ccc(CN2CCC(N(c3nc(Cl)ncc3OC)N(c3nc(Cl)ncc3OC)C3CCN(Cc4ccc(OC)c(OCCF)c4)CC3)CC2)cc1OCC. The van der Waals surface area contributed by atoms with Crippen molar-refractivity contribution in [3.05, 3.63) is 70.5 Å². The molecule has 0 radical (unpaired) electrons. The van der Waals surface area contributed by atoms with Crippen molar-refractivity contribution >= 4 is 34.8 Å². The van der Waals surface area contributed by atoms with E-state index in [2.05, 4.69) is 48.8 Å². The van der Waals surface area contributed by atoms with E-state index in [1.165, 1.54) is 0 Å². The fourth-order valence-corrected chi connectivity index (χ4v) is 8.27. The van der Waals surface area contributed by atoms with Gasteiger partial charge in [-0.1, -0.05) is 31.9 Å². The topological polar surface area (TPSA) is 120 Å². The van der Waals surface area contributed by atoms with Crippen LogP contribution < -0.4 is 38.4 Å². The largest absolute Gasteiger partial charge is 0.493 e. The van der Waals surface area contributed by atoms with Crippen molar-refractivity contribution in [2.24, 2.45) is 0 Å². The average molecular weight is 886 g/mol. The maximum atomic E-state index is 13.0. The van der Waals surface area contributed by atoms with E-state index in [-0.39, 0.29) is 29.3 Å². The lowest BCUT2D eigenvalue weighted by Gasteiger charge is -2.49. The van der Waals surface area contributed by atoms with Gasteiger partial charge in [0.15, 0.2) is 46.1 Å². The van der Waals surface area contributed by atoms with Crippen LogP contribution in [0.5, 0.6) is 34.5 Å². The smallest absolute Gasteiger partial charge is 0.224 e. The summed E-state index contributed by atoms with van der Waals surface area (Å²) in [6.07, 6.45) is 9.62. The molecule has 0 aliphatic carbocycles. The summed E-state index contributed by atoms with van der Waals surface area (Å²) in [7, 11) is 4.78. The molecule has 0 N–H and O–H groups in total. The van der Waals surface area contributed by atoms with Crippen molar-refractivity contribution in [3.8, 4) is 34.5 Å². The third kappa shape index (κ3) is 12.1. The summed E-state index contributed by atoms with van der Waals surface area (Å²) in [5, 5.41) is 4.55. The Labute approximate surface area is 369 Å². The Balaban J connectivity index is 1.26. The summed E-state index contributed by atoms with van der Waals surface area (Å²) in [6, 6.07) is 12.0. The van der Waals surface area contributed by atoms with Crippen LogP contribution in [0.3, 0.4) is 0 Å². The lowest BCUT2D eigenvalue weighted by atomic mass is 10.0. The maximum Gasteiger partial charge on any atom is 0.224 e. The van der Waals surface area contributed by atoms with Crippen molar-refractivity contribution in [2.75, 3.05) is 84.0 Å². The number of hydrogen-bond acceptors (Lipinski definition) is 14. The van der Waals surface area contributed by atoms with Crippen LogP contribution in [0.1, 0.15) is 69.9 Å². The van der Waals surface area contributed by atoms with Crippen LogP contribution in [0.25, 0.3) is 0 Å². The van der Waals surface area contributed by atoms with Crippen molar-refractivity contribution in [2.45, 2.75) is 84.0 Å². The van der Waals surface area contributed by atoms with E-state index in [1.807, 2.05) is 31.2 Å². The van der Waals surface area contributed by atoms with Crippen LogP contribution in [0, 0.1) is 0 Å². The van der Waals surface area contributed by atoms with E-state index in [0.29, 0.717) is 54.4 Å². The van der Waals surface area contributed by atoms with Gasteiger partial charge in [-0.2, -0.15) is 9.97 Å². The highest BCUT2D eigenvalue weighted by molar-refractivity contribution is 6.28. The van der Waals surface area contributed by atoms with Crippen molar-refractivity contribution in [1.29, 1.82) is 0 Å². The van der Waals surface area contributed by atoms with Gasteiger partial charge in [-0.05, 0) is 97.6 Å². The number of likely N-dealkylation sites (tertiary alicyclic amines) is 2. The number of rotatable bonds is 22. The third-order valence-corrected chi connectivity index (χ3v) is 11.4. The number of piperidine rings is 2. The number of methoxy groups -OCH3 is 3. The van der Waals surface area contributed by atoms with E-state index in [1.54, 1.807) is 33.7 Å². The zero-order valence-electron chi connectivity index (χ0n) is 36.0. The van der Waals surface area contributed by atoms with Crippen molar-refractivity contribution in [1.82, 2.24) is 29.7 Å². The quantitative estimate of drug-likeness (QED) is 0.0426. The summed E-state index contributed by atoms with van der Waals surface area (Å²) in [5.74, 6) is 4.65. The number of hydrogen-bond donors (Lipinski definition) is 0. The van der Waals surface area contributed by atoms with Crippen molar-refractivity contribution < 1.29 is 32.8 Å². The lowest BCUT2D eigenvalue weighted by molar-refractivity contribution is 0.182. The Kier molecular flexibility index (Phi) is 17.4. The van der Waals surface area contributed by atoms with Gasteiger partial charge in [-0.3, -0.25) is 19.8 Å². The minimum Gasteiger partial charge on any atom is -0.493 e. The number of anilines is 2. The molecule has 2 aliphatic rings. The molecule has 0 unspecified atom stereocenters. The van der Waals surface area contributed by atoms with Gasteiger partial charge in [0.1, 0.15) is 13.3 Å². The maximum absolute atomic E-state index is 13.0. The molecule has 14 nitrogen and oxygen atoms in total. The first-order chi connectivity index (χ1) is 29.8. The molecule has 0 atom stereocenters. The zero-order chi connectivity index (χ0) is 43.1. The monoisotopic (exact) mass is 884 g/mol. The standard InChI is InChI=1S/C44H59Cl2FN8O6/c1-6-8-9-23-60-36-13-11-32(26-38(36)59-7-2)30-53-21-16-34(17-22-53)55(42-40(58-5)28-49-44(46)51-42)54(41-39(57-4)27-48-43(45)50-41)33-14-19-52(20-15-33)29-31-10-12-35(56-3)37(25-31)61-24-18-47/h10-13,25-28,33-34H,6-9,14-24,29-30H2,1-5H3. The van der Waals surface area contributed by atoms with Gasteiger partial charge in [-0.25, -0.2) is 14.4 Å². The lowest BCUT2D eigenvalue weighted by Crippen LogP contribution is -2.59. The van der Waals surface area contributed by atoms with Gasteiger partial charge in [0.25, 0.3) is 0 Å². The van der Waals surface area contributed by atoms with E-state index < -0.39 is 6.67 Å². The first-order valence-corrected chi connectivity index (χ1v) is 21.9. The van der Waals surface area contributed by atoms with Gasteiger partial charge >= 0.3 is 0 Å². The molecular weight excluding hydrogens is 826 g/mol. The minimum absolute atomic E-state index is 0.0341. The number of unbranched alkanes of at least 4 members (excludes halogenated alkanes) is 2. The second-order valence-corrected chi connectivity index (χ2v) is 15.7. The highest BCUT2D eigenvalue weighted by Gasteiger charge is 2.39. The molecule has 2 aliphatic heterocycles. The van der Waals surface area contributed by atoms with Crippen LogP contribution >= 0.6 is 23.2 Å². The Bertz CT molecular complexity index is 1990. The second kappa shape index (κ2) is 23.0. The number of nitrogens with zero attached hydrogens (tertiary/aromatic N) is 8. The van der Waals surface area contributed by atoms with Crippen LogP contribution in [0.15, 0.2) is 48.8 Å². The normalized spacial score (nSPS) is 15.3. The average Bonchev–Trinajstić information content (AvgIpc) is 3.28. The first kappa shape index (κ1) is 45.9. The van der Waals surface area contributed by atoms with Crippen LogP contribution in [-0.4, -0.2) is 116 Å². The molecule has 2 saturated heterocycles. The summed E-state index contributed by atoms with van der Waals surface area (Å²) < 4.78 is 48.0. The molecule has 4 heterocycles.